The van der Waals surface area contributed by atoms with Crippen molar-refractivity contribution in [2.75, 3.05) is 0 Å². The highest BCUT2D eigenvalue weighted by molar-refractivity contribution is 6.01. The van der Waals surface area contributed by atoms with Crippen LogP contribution in [0.4, 0.5) is 0 Å². The summed E-state index contributed by atoms with van der Waals surface area (Å²) in [5.41, 5.74) is 1.07. The van der Waals surface area contributed by atoms with Crippen LogP contribution in [0, 0.1) is 0 Å². The number of para-hydroxylation sites is 1. The number of likely N-dealkylation sites (tertiary alicyclic amines) is 1. The molecule has 6 heteroatoms. The van der Waals surface area contributed by atoms with Gasteiger partial charge in [0.15, 0.2) is 0 Å². The Balaban J connectivity index is 1.70. The molecule has 1 amide bonds. The number of carbonyl (C=O) groups excluding carboxylic acids is 1. The van der Waals surface area contributed by atoms with Gasteiger partial charge in [0, 0.05) is 17.5 Å². The summed E-state index contributed by atoms with van der Waals surface area (Å²) in [6.45, 7) is 4.13. The van der Waals surface area contributed by atoms with Gasteiger partial charge in [-0.3, -0.25) is 14.2 Å². The average molecular weight is 339 g/mol. The van der Waals surface area contributed by atoms with E-state index in [0.717, 1.165) is 24.6 Å². The zero-order chi connectivity index (χ0) is 17.6. The lowest BCUT2D eigenvalue weighted by molar-refractivity contribution is -0.138. The fourth-order valence-corrected chi connectivity index (χ4v) is 3.87. The number of benzene rings is 1. The molecule has 1 aromatic carbocycles. The second-order valence-electron chi connectivity index (χ2n) is 6.88. The third-order valence-corrected chi connectivity index (χ3v) is 5.14. The van der Waals surface area contributed by atoms with Crippen molar-refractivity contribution in [1.29, 1.82) is 0 Å². The van der Waals surface area contributed by atoms with E-state index in [0.29, 0.717) is 11.1 Å². The predicted molar refractivity (Wildman–Crippen MR) is 95.4 cm³/mol. The monoisotopic (exact) mass is 339 g/mol. The van der Waals surface area contributed by atoms with Gasteiger partial charge in [-0.1, -0.05) is 12.1 Å². The lowest BCUT2D eigenvalue weighted by Gasteiger charge is -2.39. The Bertz CT molecular complexity index is 994. The van der Waals surface area contributed by atoms with Gasteiger partial charge in [-0.2, -0.15) is 0 Å². The molecule has 1 aliphatic heterocycles. The minimum absolute atomic E-state index is 0.00645. The zero-order valence-electron chi connectivity index (χ0n) is 14.4. The smallest absolute Gasteiger partial charge is 0.297 e. The third kappa shape index (κ3) is 2.62. The standard InChI is InChI=1S/C19H21N3O3/c1-12-6-5-7-13(2)22(12)16(23)10-21-11-20-17-14-8-3-4-9-15(14)25-18(17)19(21)24/h3-4,8-9,11-13H,5-7,10H2,1-2H3/t12-,13-/m0/s1. The van der Waals surface area contributed by atoms with E-state index in [2.05, 4.69) is 18.8 Å². The minimum Gasteiger partial charge on any atom is -0.448 e. The van der Waals surface area contributed by atoms with Crippen LogP contribution in [-0.4, -0.2) is 32.4 Å². The molecule has 130 valence electrons. The van der Waals surface area contributed by atoms with E-state index in [-0.39, 0.29) is 35.7 Å². The van der Waals surface area contributed by atoms with E-state index in [1.54, 1.807) is 0 Å². The maximum atomic E-state index is 12.8. The van der Waals surface area contributed by atoms with Crippen LogP contribution in [0.15, 0.2) is 39.8 Å². The van der Waals surface area contributed by atoms with Crippen molar-refractivity contribution in [3.05, 3.63) is 40.9 Å². The van der Waals surface area contributed by atoms with Crippen molar-refractivity contribution in [3.8, 4) is 0 Å². The summed E-state index contributed by atoms with van der Waals surface area (Å²) >= 11 is 0. The van der Waals surface area contributed by atoms with E-state index in [4.69, 9.17) is 4.42 Å². The normalized spacial score (nSPS) is 21.1. The Hall–Kier alpha value is -2.63. The molecule has 0 spiro atoms. The summed E-state index contributed by atoms with van der Waals surface area (Å²) in [5, 5.41) is 0.811. The molecule has 0 unspecified atom stereocenters. The van der Waals surface area contributed by atoms with Gasteiger partial charge in [-0.15, -0.1) is 0 Å². The fraction of sp³-hybridized carbons (Fsp3) is 0.421. The SMILES string of the molecule is C[C@H]1CCC[C@H](C)N1C(=O)Cn1cnc2c(oc3ccccc32)c1=O. The fourth-order valence-electron chi connectivity index (χ4n) is 3.87. The summed E-state index contributed by atoms with van der Waals surface area (Å²) < 4.78 is 7.02. The quantitative estimate of drug-likeness (QED) is 0.720. The third-order valence-electron chi connectivity index (χ3n) is 5.14. The molecular weight excluding hydrogens is 318 g/mol. The van der Waals surface area contributed by atoms with Gasteiger partial charge in [-0.05, 0) is 45.2 Å². The Morgan fingerprint density at radius 3 is 2.72 bits per heavy atom. The van der Waals surface area contributed by atoms with E-state index in [1.807, 2.05) is 29.2 Å². The Morgan fingerprint density at radius 2 is 1.96 bits per heavy atom. The Labute approximate surface area is 145 Å². The lowest BCUT2D eigenvalue weighted by Crippen LogP contribution is -2.49. The summed E-state index contributed by atoms with van der Waals surface area (Å²) in [7, 11) is 0. The molecule has 0 N–H and O–H groups in total. The molecule has 0 radical (unpaired) electrons. The molecule has 25 heavy (non-hydrogen) atoms. The minimum atomic E-state index is -0.313. The molecule has 2 aromatic heterocycles. The number of piperidine rings is 1. The molecule has 2 atom stereocenters. The number of carbonyl (C=O) groups is 1. The van der Waals surface area contributed by atoms with Crippen molar-refractivity contribution >= 4 is 28.0 Å². The van der Waals surface area contributed by atoms with Crippen LogP contribution in [0.3, 0.4) is 0 Å². The number of aromatic nitrogens is 2. The molecule has 0 saturated carbocycles. The molecule has 6 nitrogen and oxygen atoms in total. The van der Waals surface area contributed by atoms with Gasteiger partial charge in [0.1, 0.15) is 17.6 Å². The van der Waals surface area contributed by atoms with Gasteiger partial charge in [0.2, 0.25) is 11.5 Å². The highest BCUT2D eigenvalue weighted by Crippen LogP contribution is 2.25. The van der Waals surface area contributed by atoms with Gasteiger partial charge in [0.25, 0.3) is 5.56 Å². The van der Waals surface area contributed by atoms with Gasteiger partial charge in [0.05, 0.1) is 6.33 Å². The summed E-state index contributed by atoms with van der Waals surface area (Å²) in [4.78, 5) is 31.8. The number of amides is 1. The van der Waals surface area contributed by atoms with Crippen molar-refractivity contribution in [1.82, 2.24) is 14.5 Å². The van der Waals surface area contributed by atoms with Crippen LogP contribution in [0.2, 0.25) is 0 Å². The molecular formula is C19H21N3O3. The maximum absolute atomic E-state index is 12.8. The summed E-state index contributed by atoms with van der Waals surface area (Å²) in [6, 6.07) is 7.83. The molecule has 1 fully saturated rings. The first-order valence-corrected chi connectivity index (χ1v) is 8.74. The molecule has 0 aliphatic carbocycles. The summed E-state index contributed by atoms with van der Waals surface area (Å²) in [5.74, 6) is -0.0425. The first-order chi connectivity index (χ1) is 12.1. The second kappa shape index (κ2) is 6.02. The van der Waals surface area contributed by atoms with Crippen LogP contribution in [0.5, 0.6) is 0 Å². The van der Waals surface area contributed by atoms with Crippen LogP contribution in [-0.2, 0) is 11.3 Å². The van der Waals surface area contributed by atoms with E-state index in [9.17, 15) is 9.59 Å². The van der Waals surface area contributed by atoms with Crippen molar-refractivity contribution < 1.29 is 9.21 Å². The van der Waals surface area contributed by atoms with E-state index in [1.165, 1.54) is 10.9 Å². The maximum Gasteiger partial charge on any atom is 0.297 e. The Kier molecular flexibility index (Phi) is 3.82. The molecule has 1 saturated heterocycles. The van der Waals surface area contributed by atoms with E-state index < -0.39 is 0 Å². The van der Waals surface area contributed by atoms with Gasteiger partial charge in [-0.25, -0.2) is 4.98 Å². The van der Waals surface area contributed by atoms with Crippen molar-refractivity contribution in [2.45, 2.75) is 51.7 Å². The number of hydrogen-bond donors (Lipinski definition) is 0. The zero-order valence-corrected chi connectivity index (χ0v) is 14.4. The number of fused-ring (bicyclic) bond motifs is 3. The van der Waals surface area contributed by atoms with Gasteiger partial charge >= 0.3 is 0 Å². The first-order valence-electron chi connectivity index (χ1n) is 8.74. The molecule has 4 rings (SSSR count). The van der Waals surface area contributed by atoms with Gasteiger partial charge < -0.3 is 9.32 Å². The topological polar surface area (TPSA) is 68.3 Å². The van der Waals surface area contributed by atoms with Crippen molar-refractivity contribution in [2.24, 2.45) is 0 Å². The molecule has 3 aromatic rings. The highest BCUT2D eigenvalue weighted by atomic mass is 16.3. The number of rotatable bonds is 2. The van der Waals surface area contributed by atoms with Crippen LogP contribution < -0.4 is 5.56 Å². The molecule has 1 aliphatic rings. The van der Waals surface area contributed by atoms with Crippen LogP contribution >= 0.6 is 0 Å². The van der Waals surface area contributed by atoms with E-state index >= 15 is 0 Å². The number of nitrogens with zero attached hydrogens (tertiary/aromatic N) is 3. The van der Waals surface area contributed by atoms with Crippen molar-refractivity contribution in [3.63, 3.8) is 0 Å². The van der Waals surface area contributed by atoms with Crippen LogP contribution in [0.1, 0.15) is 33.1 Å². The highest BCUT2D eigenvalue weighted by Gasteiger charge is 2.29. The predicted octanol–water partition coefficient (Wildman–Crippen LogP) is 2.93. The second-order valence-corrected chi connectivity index (χ2v) is 6.88. The number of furan rings is 1. The molecule has 3 heterocycles. The lowest BCUT2D eigenvalue weighted by atomic mass is 9.97. The van der Waals surface area contributed by atoms with Crippen LogP contribution in [0.25, 0.3) is 22.1 Å². The average Bonchev–Trinajstić information content (AvgIpc) is 2.97. The Morgan fingerprint density at radius 1 is 1.24 bits per heavy atom. The summed E-state index contributed by atoms with van der Waals surface area (Å²) in [6.07, 6.45) is 4.60. The molecule has 0 bridgehead atoms. The number of hydrogen-bond acceptors (Lipinski definition) is 4. The first kappa shape index (κ1) is 15.9. The largest absolute Gasteiger partial charge is 0.448 e.